The lowest BCUT2D eigenvalue weighted by atomic mass is 10.2. The van der Waals surface area contributed by atoms with Gasteiger partial charge in [-0.1, -0.05) is 71.0 Å². The van der Waals surface area contributed by atoms with Crippen LogP contribution in [0.1, 0.15) is 13.8 Å². The number of hydrogen-bond acceptors (Lipinski definition) is 20. The SMILES string of the molecule is C=COO.C=COO.CC(=O)NC[C@H]1CN(c2ccc(N3CCOCC3)c(F)c2)C(=O)O1.CC(=S)NC[C@H]1CN(c2ccc(N3CCOCC3)c(F)c2)C(=O)O1.COc1ccc(P2(=S)SP(=S)(c3ccc(OC)cc3)S2)cc1. The highest BCUT2D eigenvalue weighted by atomic mass is 33.7. The van der Waals surface area contributed by atoms with Gasteiger partial charge in [0.2, 0.25) is 5.91 Å². The molecule has 4 aromatic rings. The molecule has 2 atom stereocenters. The van der Waals surface area contributed by atoms with Gasteiger partial charge in [0.25, 0.3) is 0 Å². The molecule has 5 saturated heterocycles. The molecular weight excluding hydrogens is 1150 g/mol. The molecule has 0 spiro atoms. The zero-order chi connectivity index (χ0) is 56.8. The van der Waals surface area contributed by atoms with Crippen LogP contribution in [-0.4, -0.2) is 139 Å². The molecule has 5 heterocycles. The maximum atomic E-state index is 14.5. The first-order chi connectivity index (χ1) is 37.4. The molecule has 4 N–H and O–H groups in total. The molecular formula is C50H62F2N6O13P2S5. The lowest BCUT2D eigenvalue weighted by Crippen LogP contribution is -2.36. The average molecular weight is 1220 g/mol. The largest absolute Gasteiger partial charge is 0.497 e. The van der Waals surface area contributed by atoms with E-state index in [1.54, 1.807) is 45.4 Å². The standard InChI is InChI=1S/C16H20FN3O4.C16H20FN3O3S.C14H14O2P2S4.2C2H4O2/c1-11(21)18-9-13-10-20(16(22)24-13)12-2-3-15(14(17)8-12)19-4-6-23-7-5-19;1-11(24)18-9-13-10-20(16(21)23-13)12-2-3-15(14(17)8-12)19-4-6-22-7-5-19;1-15-11-3-7-13(8-4-11)17(19)21-18(20,22-17)14-9-5-12(16-2)6-10-14;2*1-2-4-3/h2-3,8,13H,4-7,9-10H2,1H3,(H,18,21);2-3,8,13H,4-7,9-10H2,1H3,(H,18,24);3-10H,1-2H3;2*2-3H,1H2/t2*13-;;;/m00.../s1. The Morgan fingerprint density at radius 2 is 1.04 bits per heavy atom. The first-order valence-electron chi connectivity index (χ1n) is 23.8. The number of methoxy groups -OCH3 is 2. The zero-order valence-corrected chi connectivity index (χ0v) is 49.0. The normalized spacial score (nSPS) is 21.0. The molecule has 78 heavy (non-hydrogen) atoms. The van der Waals surface area contributed by atoms with Crippen LogP contribution in [-0.2, 0) is 57.1 Å². The van der Waals surface area contributed by atoms with Crippen molar-refractivity contribution in [2.75, 3.05) is 113 Å². The fraction of sp³-hybridized carbons (Fsp3) is 0.360. The quantitative estimate of drug-likeness (QED) is 0.0306. The van der Waals surface area contributed by atoms with Crippen LogP contribution in [0, 0.1) is 11.6 Å². The van der Waals surface area contributed by atoms with Gasteiger partial charge in [-0.3, -0.25) is 14.6 Å². The minimum absolute atomic E-state index is 0.189. The monoisotopic (exact) mass is 1210 g/mol. The molecule has 0 aliphatic carbocycles. The van der Waals surface area contributed by atoms with Gasteiger partial charge >= 0.3 is 12.2 Å². The van der Waals surface area contributed by atoms with Crippen LogP contribution in [0.3, 0.4) is 0 Å². The number of nitrogens with zero attached hydrogens (tertiary/aromatic N) is 4. The molecule has 5 fully saturated rings. The van der Waals surface area contributed by atoms with Crippen LogP contribution < -0.4 is 50.3 Å². The average Bonchev–Trinajstić information content (AvgIpc) is 4.12. The third kappa shape index (κ3) is 18.4. The number of anilines is 4. The number of carbonyl (C=O) groups is 3. The van der Waals surface area contributed by atoms with Crippen molar-refractivity contribution < 1.29 is 71.9 Å². The summed E-state index contributed by atoms with van der Waals surface area (Å²) in [5.41, 5.74) is 1.98. The number of morpholine rings is 2. The van der Waals surface area contributed by atoms with Gasteiger partial charge in [-0.05, 0) is 91.9 Å². The van der Waals surface area contributed by atoms with Crippen molar-refractivity contribution in [2.45, 2.75) is 26.1 Å². The maximum absolute atomic E-state index is 14.5. The smallest absolute Gasteiger partial charge is 0.414 e. The zero-order valence-electron chi connectivity index (χ0n) is 43.2. The van der Waals surface area contributed by atoms with Crippen LogP contribution in [0.2, 0.25) is 0 Å². The molecule has 0 radical (unpaired) electrons. The van der Waals surface area contributed by atoms with Crippen molar-refractivity contribution in [3.8, 4) is 11.5 Å². The Labute approximate surface area is 475 Å². The molecule has 28 heteroatoms. The van der Waals surface area contributed by atoms with Crippen molar-refractivity contribution in [2.24, 2.45) is 0 Å². The number of halogens is 2. The summed E-state index contributed by atoms with van der Waals surface area (Å²) in [5, 5.41) is 22.5. The number of hydrogen-bond donors (Lipinski definition) is 4. The summed E-state index contributed by atoms with van der Waals surface area (Å²) >= 11 is 20.5. The Kier molecular flexibility index (Phi) is 25.7. The van der Waals surface area contributed by atoms with E-state index < -0.39 is 27.2 Å². The minimum atomic E-state index is -1.66. The third-order valence-electron chi connectivity index (χ3n) is 11.5. The molecule has 5 aliphatic heterocycles. The van der Waals surface area contributed by atoms with Crippen molar-refractivity contribution in [1.29, 1.82) is 0 Å². The Morgan fingerprint density at radius 3 is 1.35 bits per heavy atom. The molecule has 4 aromatic carbocycles. The van der Waals surface area contributed by atoms with E-state index in [2.05, 4.69) is 57.8 Å². The topological polar surface area (TPSA) is 203 Å². The second-order valence-corrected chi connectivity index (χ2v) is 38.6. The van der Waals surface area contributed by atoms with E-state index in [0.29, 0.717) is 93.4 Å². The summed E-state index contributed by atoms with van der Waals surface area (Å²) in [6.45, 7) is 15.4. The molecule has 5 aliphatic rings. The summed E-state index contributed by atoms with van der Waals surface area (Å²) in [6, 6.07) is 25.7. The fourth-order valence-electron chi connectivity index (χ4n) is 7.65. The third-order valence-corrected chi connectivity index (χ3v) is 42.8. The van der Waals surface area contributed by atoms with Gasteiger partial charge in [0, 0.05) is 43.7 Å². The van der Waals surface area contributed by atoms with Crippen molar-refractivity contribution in [3.63, 3.8) is 0 Å². The number of cyclic esters (lactones) is 2. The van der Waals surface area contributed by atoms with Gasteiger partial charge in [0.1, 0.15) is 47.9 Å². The summed E-state index contributed by atoms with van der Waals surface area (Å²) in [4.78, 5) is 48.9. The number of benzene rings is 4. The summed E-state index contributed by atoms with van der Waals surface area (Å²) in [6.07, 6.45) is 0.104. The van der Waals surface area contributed by atoms with Crippen molar-refractivity contribution >= 4 is 123 Å². The second-order valence-electron chi connectivity index (χ2n) is 16.7. The lowest BCUT2D eigenvalue weighted by Gasteiger charge is -2.40. The van der Waals surface area contributed by atoms with Crippen LogP contribution in [0.25, 0.3) is 0 Å². The highest BCUT2D eigenvalue weighted by Gasteiger charge is 2.46. The highest BCUT2D eigenvalue weighted by molar-refractivity contribution is 9.48. The molecule has 0 aromatic heterocycles. The fourth-order valence-corrected chi connectivity index (χ4v) is 50.0. The number of ether oxygens (including phenoxy) is 6. The summed E-state index contributed by atoms with van der Waals surface area (Å²) < 4.78 is 57.0. The molecule has 3 amide bonds. The number of carbonyl (C=O) groups excluding carboxylic acids is 3. The lowest BCUT2D eigenvalue weighted by molar-refractivity contribution is -0.186. The van der Waals surface area contributed by atoms with E-state index in [0.717, 1.165) is 24.0 Å². The number of nitrogens with one attached hydrogen (secondary N) is 2. The van der Waals surface area contributed by atoms with Crippen molar-refractivity contribution in [3.05, 3.63) is 122 Å². The van der Waals surface area contributed by atoms with E-state index in [9.17, 15) is 23.2 Å². The van der Waals surface area contributed by atoms with Crippen LogP contribution in [0.15, 0.2) is 111 Å². The second kappa shape index (κ2) is 31.5. The van der Waals surface area contributed by atoms with Gasteiger partial charge < -0.3 is 58.6 Å². The van der Waals surface area contributed by atoms with Crippen LogP contribution in [0.5, 0.6) is 11.5 Å². The van der Waals surface area contributed by atoms with E-state index in [1.807, 2.05) is 56.1 Å². The van der Waals surface area contributed by atoms with E-state index in [4.69, 9.17) is 74.8 Å². The predicted molar refractivity (Wildman–Crippen MR) is 316 cm³/mol. The first-order valence-corrected chi connectivity index (χ1v) is 33.9. The molecule has 19 nitrogen and oxygen atoms in total. The van der Waals surface area contributed by atoms with Gasteiger partial charge in [-0.15, -0.1) is 0 Å². The summed E-state index contributed by atoms with van der Waals surface area (Å²) in [5.74, 6) is 0.794. The Bertz CT molecular complexity index is 2570. The Hall–Kier alpha value is -5.24. The van der Waals surface area contributed by atoms with E-state index in [-0.39, 0.29) is 36.7 Å². The van der Waals surface area contributed by atoms with Gasteiger partial charge in [0.05, 0.1) is 103 Å². The number of amides is 3. The highest BCUT2D eigenvalue weighted by Crippen LogP contribution is 3.04. The summed E-state index contributed by atoms with van der Waals surface area (Å²) in [7, 11) is 3.34. The predicted octanol–water partition coefficient (Wildman–Crippen LogP) is 9.04. The maximum Gasteiger partial charge on any atom is 0.414 e. The Balaban J connectivity index is 0.000000201. The first kappa shape index (κ1) is 63.6. The molecule has 0 saturated carbocycles. The van der Waals surface area contributed by atoms with Gasteiger partial charge in [-0.2, -0.15) is 0 Å². The van der Waals surface area contributed by atoms with E-state index >= 15 is 0 Å². The Morgan fingerprint density at radius 1 is 0.679 bits per heavy atom. The number of rotatable bonds is 14. The van der Waals surface area contributed by atoms with E-state index in [1.165, 1.54) is 39.5 Å². The van der Waals surface area contributed by atoms with Crippen LogP contribution in [0.4, 0.5) is 41.1 Å². The van der Waals surface area contributed by atoms with Gasteiger partial charge in [0.15, 0.2) is 0 Å². The van der Waals surface area contributed by atoms with Gasteiger partial charge in [-0.25, -0.2) is 28.9 Å². The molecule has 9 rings (SSSR count). The van der Waals surface area contributed by atoms with Crippen molar-refractivity contribution in [1.82, 2.24) is 10.6 Å². The molecule has 0 bridgehead atoms. The molecule has 0 unspecified atom stereocenters. The molecule has 424 valence electrons. The van der Waals surface area contributed by atoms with Crippen LogP contribution >= 0.6 is 43.1 Å². The minimum Gasteiger partial charge on any atom is -0.497 e. The number of thiocarbonyl (C=S) groups is 1.